The predicted molar refractivity (Wildman–Crippen MR) is 128 cm³/mol. The van der Waals surface area contributed by atoms with Gasteiger partial charge in [-0.3, -0.25) is 9.67 Å². The molecule has 0 amide bonds. The van der Waals surface area contributed by atoms with Crippen molar-refractivity contribution in [3.8, 4) is 11.3 Å². The van der Waals surface area contributed by atoms with E-state index in [4.69, 9.17) is 21.3 Å². The molecule has 0 atom stereocenters. The van der Waals surface area contributed by atoms with Crippen LogP contribution in [0.1, 0.15) is 24.6 Å². The van der Waals surface area contributed by atoms with E-state index in [0.717, 1.165) is 41.5 Å². The Morgan fingerprint density at radius 3 is 2.58 bits per heavy atom. The van der Waals surface area contributed by atoms with E-state index >= 15 is 0 Å². The molecule has 4 heterocycles. The van der Waals surface area contributed by atoms with Gasteiger partial charge >= 0.3 is 0 Å². The molecule has 6 nitrogen and oxygen atoms in total. The summed E-state index contributed by atoms with van der Waals surface area (Å²) in [5.74, 6) is 0.402. The van der Waals surface area contributed by atoms with Gasteiger partial charge in [0.05, 0.1) is 30.5 Å². The van der Waals surface area contributed by atoms with Crippen LogP contribution in [0.3, 0.4) is 0 Å². The van der Waals surface area contributed by atoms with Crippen LogP contribution in [0.2, 0.25) is 5.02 Å². The van der Waals surface area contributed by atoms with Crippen molar-refractivity contribution in [3.05, 3.63) is 71.4 Å². The molecule has 0 unspecified atom stereocenters. The molecule has 4 aromatic rings. The van der Waals surface area contributed by atoms with Crippen LogP contribution in [0.4, 0.5) is 10.2 Å². The zero-order valence-corrected chi connectivity index (χ0v) is 19.2. The SMILES string of the molecule is Cc1ccc2c(-c3ccc(Cl)cc3F)nc(N3CCOCC3)cc2n1.c1cnn(C2CC2)c1. The number of aromatic nitrogens is 4. The molecule has 2 aliphatic rings. The Morgan fingerprint density at radius 1 is 1.06 bits per heavy atom. The number of nitrogens with zero attached hydrogens (tertiary/aromatic N) is 5. The van der Waals surface area contributed by atoms with E-state index in [1.807, 2.05) is 48.3 Å². The first kappa shape index (κ1) is 21.8. The van der Waals surface area contributed by atoms with Crippen LogP contribution < -0.4 is 4.90 Å². The number of pyridine rings is 2. The lowest BCUT2D eigenvalue weighted by Crippen LogP contribution is -2.36. The first-order chi connectivity index (χ1) is 16.1. The van der Waals surface area contributed by atoms with Gasteiger partial charge in [0, 0.05) is 53.2 Å². The van der Waals surface area contributed by atoms with Gasteiger partial charge in [-0.2, -0.15) is 5.10 Å². The van der Waals surface area contributed by atoms with Crippen LogP contribution in [0.5, 0.6) is 0 Å². The van der Waals surface area contributed by atoms with Crippen LogP contribution in [0.15, 0.2) is 54.9 Å². The Labute approximate surface area is 197 Å². The van der Waals surface area contributed by atoms with Gasteiger partial charge in [0.15, 0.2) is 0 Å². The lowest BCUT2D eigenvalue weighted by atomic mass is 10.1. The van der Waals surface area contributed by atoms with Gasteiger partial charge in [-0.25, -0.2) is 9.37 Å². The fraction of sp³-hybridized carbons (Fsp3) is 0.320. The fourth-order valence-corrected chi connectivity index (χ4v) is 4.05. The molecule has 1 aliphatic heterocycles. The highest BCUT2D eigenvalue weighted by molar-refractivity contribution is 6.30. The van der Waals surface area contributed by atoms with Crippen molar-refractivity contribution in [1.29, 1.82) is 0 Å². The highest BCUT2D eigenvalue weighted by Gasteiger charge is 2.23. The van der Waals surface area contributed by atoms with E-state index in [1.165, 1.54) is 18.9 Å². The first-order valence-corrected chi connectivity index (χ1v) is 11.5. The number of ether oxygens (including phenoxy) is 1. The summed E-state index contributed by atoms with van der Waals surface area (Å²) in [4.78, 5) is 11.5. The van der Waals surface area contributed by atoms with Gasteiger partial charge in [-0.05, 0) is 56.2 Å². The molecule has 0 radical (unpaired) electrons. The van der Waals surface area contributed by atoms with Gasteiger partial charge in [-0.15, -0.1) is 0 Å². The number of benzene rings is 1. The van der Waals surface area contributed by atoms with Crippen LogP contribution in [0, 0.1) is 12.7 Å². The topological polar surface area (TPSA) is 56.1 Å². The van der Waals surface area contributed by atoms with E-state index in [9.17, 15) is 4.39 Å². The Balaban J connectivity index is 0.000000238. The second-order valence-electron chi connectivity index (χ2n) is 8.29. The van der Waals surface area contributed by atoms with Crippen molar-refractivity contribution >= 4 is 28.3 Å². The number of anilines is 1. The largest absolute Gasteiger partial charge is 0.378 e. The third kappa shape index (κ3) is 4.99. The van der Waals surface area contributed by atoms with Crippen molar-refractivity contribution in [2.75, 3.05) is 31.2 Å². The molecule has 170 valence electrons. The summed E-state index contributed by atoms with van der Waals surface area (Å²) >= 11 is 5.90. The molecule has 0 bridgehead atoms. The van der Waals surface area contributed by atoms with Crippen LogP contribution in [0.25, 0.3) is 22.2 Å². The number of morpholine rings is 1. The van der Waals surface area contributed by atoms with E-state index in [1.54, 1.807) is 12.1 Å². The van der Waals surface area contributed by atoms with E-state index in [2.05, 4.69) is 15.0 Å². The zero-order chi connectivity index (χ0) is 22.8. The maximum absolute atomic E-state index is 14.5. The lowest BCUT2D eigenvalue weighted by molar-refractivity contribution is 0.122. The monoisotopic (exact) mass is 465 g/mol. The van der Waals surface area contributed by atoms with Crippen LogP contribution in [-0.2, 0) is 4.74 Å². The average molecular weight is 466 g/mol. The molecule has 1 saturated heterocycles. The predicted octanol–water partition coefficient (Wildman–Crippen LogP) is 5.45. The maximum atomic E-state index is 14.5. The van der Waals surface area contributed by atoms with Crippen molar-refractivity contribution in [2.45, 2.75) is 25.8 Å². The summed E-state index contributed by atoms with van der Waals surface area (Å²) in [7, 11) is 0. The molecule has 3 aromatic heterocycles. The first-order valence-electron chi connectivity index (χ1n) is 11.1. The molecule has 0 N–H and O–H groups in total. The second-order valence-corrected chi connectivity index (χ2v) is 8.73. The highest BCUT2D eigenvalue weighted by Crippen LogP contribution is 2.34. The maximum Gasteiger partial charge on any atom is 0.134 e. The average Bonchev–Trinajstić information content (AvgIpc) is 3.53. The summed E-state index contributed by atoms with van der Waals surface area (Å²) in [5.41, 5.74) is 2.73. The summed E-state index contributed by atoms with van der Waals surface area (Å²) in [6.07, 6.45) is 6.50. The second kappa shape index (κ2) is 9.45. The summed E-state index contributed by atoms with van der Waals surface area (Å²) < 4.78 is 22.0. The van der Waals surface area contributed by atoms with Crippen molar-refractivity contribution in [3.63, 3.8) is 0 Å². The molecule has 1 aromatic carbocycles. The van der Waals surface area contributed by atoms with Crippen LogP contribution >= 0.6 is 11.6 Å². The Hall–Kier alpha value is -3.03. The fourth-order valence-electron chi connectivity index (χ4n) is 3.89. The van der Waals surface area contributed by atoms with E-state index < -0.39 is 0 Å². The number of aryl methyl sites for hydroxylation is 1. The Morgan fingerprint density at radius 2 is 1.88 bits per heavy atom. The smallest absolute Gasteiger partial charge is 0.134 e. The number of fused-ring (bicyclic) bond motifs is 1. The lowest BCUT2D eigenvalue weighted by Gasteiger charge is -2.28. The van der Waals surface area contributed by atoms with Crippen molar-refractivity contribution < 1.29 is 9.13 Å². The minimum atomic E-state index is -0.388. The molecule has 6 rings (SSSR count). The van der Waals surface area contributed by atoms with E-state index in [0.29, 0.717) is 29.5 Å². The number of hydrogen-bond acceptors (Lipinski definition) is 5. The summed E-state index contributed by atoms with van der Waals surface area (Å²) in [6.45, 7) is 4.77. The van der Waals surface area contributed by atoms with E-state index in [-0.39, 0.29) is 5.82 Å². The molecule has 2 fully saturated rings. The van der Waals surface area contributed by atoms with Gasteiger partial charge in [-0.1, -0.05) is 11.6 Å². The number of rotatable bonds is 3. The summed E-state index contributed by atoms with van der Waals surface area (Å²) in [6, 6.07) is 13.2. The number of hydrogen-bond donors (Lipinski definition) is 0. The van der Waals surface area contributed by atoms with Crippen molar-refractivity contribution in [2.24, 2.45) is 0 Å². The molecule has 1 aliphatic carbocycles. The molecule has 8 heteroatoms. The zero-order valence-electron chi connectivity index (χ0n) is 18.4. The molecular formula is C25H25ClFN5O. The van der Waals surface area contributed by atoms with Gasteiger partial charge < -0.3 is 9.64 Å². The normalized spacial score (nSPS) is 15.9. The third-order valence-corrected chi connectivity index (χ3v) is 6.01. The Bertz CT molecular complexity index is 1250. The standard InChI is InChI=1S/C19H17ClFN3O.C6H8N2/c1-12-2-4-15-17(22-12)11-18(24-6-8-25-9-7-24)23-19(15)14-5-3-13(20)10-16(14)21;1-4-7-8(5-1)6-2-3-6/h2-5,10-11H,6-9H2,1H3;1,4-6H,2-3H2. The molecular weight excluding hydrogens is 441 g/mol. The minimum absolute atomic E-state index is 0.365. The van der Waals surface area contributed by atoms with Gasteiger partial charge in [0.1, 0.15) is 11.6 Å². The highest BCUT2D eigenvalue weighted by atomic mass is 35.5. The number of halogens is 2. The van der Waals surface area contributed by atoms with Gasteiger partial charge in [0.2, 0.25) is 0 Å². The van der Waals surface area contributed by atoms with Crippen LogP contribution in [-0.4, -0.2) is 46.1 Å². The molecule has 33 heavy (non-hydrogen) atoms. The molecule has 1 saturated carbocycles. The minimum Gasteiger partial charge on any atom is -0.378 e. The third-order valence-electron chi connectivity index (χ3n) is 5.78. The van der Waals surface area contributed by atoms with Gasteiger partial charge in [0.25, 0.3) is 0 Å². The molecule has 0 spiro atoms. The van der Waals surface area contributed by atoms with Crippen molar-refractivity contribution in [1.82, 2.24) is 19.7 Å². The Kier molecular flexibility index (Phi) is 6.24. The quantitative estimate of drug-likeness (QED) is 0.402. The summed E-state index contributed by atoms with van der Waals surface area (Å²) in [5, 5.41) is 5.28.